The lowest BCUT2D eigenvalue weighted by atomic mass is 9.93. The Morgan fingerprint density at radius 3 is 2.45 bits per heavy atom. The number of piperidine rings is 1. The van der Waals surface area contributed by atoms with E-state index >= 15 is 0 Å². The normalized spacial score (nSPS) is 26.8. The average Bonchev–Trinajstić information content (AvgIpc) is 3.14. The fourth-order valence-electron chi connectivity index (χ4n) is 2.52. The zero-order valence-electron chi connectivity index (χ0n) is 10.9. The molecule has 2 aliphatic heterocycles. The summed E-state index contributed by atoms with van der Waals surface area (Å²) in [4.78, 5) is 25.1. The zero-order valence-corrected chi connectivity index (χ0v) is 11.7. The summed E-state index contributed by atoms with van der Waals surface area (Å²) in [6.45, 7) is 3.70. The minimum atomic E-state index is -1.82. The van der Waals surface area contributed by atoms with Crippen LogP contribution in [0.3, 0.4) is 0 Å². The molecule has 20 heavy (non-hydrogen) atoms. The maximum atomic E-state index is 9.10. The first-order chi connectivity index (χ1) is 9.51. The van der Waals surface area contributed by atoms with Crippen molar-refractivity contribution in [2.45, 2.75) is 12.3 Å². The second-order valence-corrected chi connectivity index (χ2v) is 5.43. The van der Waals surface area contributed by atoms with E-state index in [1.165, 1.54) is 37.6 Å². The summed E-state index contributed by atoms with van der Waals surface area (Å²) in [6, 6.07) is 0.530. The van der Waals surface area contributed by atoms with E-state index in [1.807, 2.05) is 0 Å². The molecule has 0 aromatic carbocycles. The van der Waals surface area contributed by atoms with Crippen molar-refractivity contribution in [3.05, 3.63) is 5.01 Å². The lowest BCUT2D eigenvalue weighted by molar-refractivity contribution is -0.159. The van der Waals surface area contributed by atoms with E-state index in [4.69, 9.17) is 24.5 Å². The van der Waals surface area contributed by atoms with Crippen LogP contribution in [-0.2, 0) is 9.59 Å². The summed E-state index contributed by atoms with van der Waals surface area (Å²) >= 11 is 1.50. The van der Waals surface area contributed by atoms with Gasteiger partial charge in [-0.2, -0.15) is 4.98 Å². The number of nitrogens with zero attached hydrogens (tertiary/aromatic N) is 3. The van der Waals surface area contributed by atoms with Crippen LogP contribution >= 0.6 is 11.5 Å². The molecule has 3 heterocycles. The quantitative estimate of drug-likeness (QED) is 0.741. The van der Waals surface area contributed by atoms with Crippen molar-refractivity contribution in [1.82, 2.24) is 14.3 Å². The molecule has 0 spiro atoms. The largest absolute Gasteiger partial charge is 0.473 e. The summed E-state index contributed by atoms with van der Waals surface area (Å²) in [5.74, 6) is -2.22. The molecule has 2 aliphatic rings. The van der Waals surface area contributed by atoms with Crippen molar-refractivity contribution in [3.63, 3.8) is 0 Å². The summed E-state index contributed by atoms with van der Waals surface area (Å²) in [5.41, 5.74) is 0. The molecule has 1 aromatic heterocycles. The maximum Gasteiger partial charge on any atom is 0.414 e. The van der Waals surface area contributed by atoms with Gasteiger partial charge >= 0.3 is 17.9 Å². The lowest BCUT2D eigenvalue weighted by Crippen LogP contribution is -2.21. The lowest BCUT2D eigenvalue weighted by Gasteiger charge is -2.18. The van der Waals surface area contributed by atoms with E-state index < -0.39 is 11.9 Å². The number of methoxy groups -OCH3 is 1. The molecule has 9 heteroatoms. The third-order valence-electron chi connectivity index (χ3n) is 3.44. The standard InChI is InChI=1S/C9H13N3OS.C2H2O4/c1-13-9-10-8(14-11-9)7-5-12-3-2-6(7)4-12;3-1(4)2(5)6/h6-7H,2-5H2,1H3;(H,3,4)(H,5,6). The number of carboxylic acids is 2. The van der Waals surface area contributed by atoms with Crippen molar-refractivity contribution < 1.29 is 24.5 Å². The fourth-order valence-corrected chi connectivity index (χ4v) is 3.33. The molecule has 110 valence electrons. The summed E-state index contributed by atoms with van der Waals surface area (Å²) in [5, 5.41) is 15.9. The van der Waals surface area contributed by atoms with Gasteiger partial charge in [0.1, 0.15) is 5.01 Å². The predicted octanol–water partition coefficient (Wildman–Crippen LogP) is 0.121. The Kier molecular flexibility index (Phi) is 4.50. The summed E-state index contributed by atoms with van der Waals surface area (Å²) in [6.07, 6.45) is 1.33. The van der Waals surface area contributed by atoms with Crippen molar-refractivity contribution >= 4 is 23.5 Å². The van der Waals surface area contributed by atoms with Crippen LogP contribution in [0.25, 0.3) is 0 Å². The van der Waals surface area contributed by atoms with Gasteiger partial charge in [0.05, 0.1) is 7.11 Å². The van der Waals surface area contributed by atoms with Crippen LogP contribution in [0.1, 0.15) is 17.3 Å². The Morgan fingerprint density at radius 2 is 2.05 bits per heavy atom. The third-order valence-corrected chi connectivity index (χ3v) is 4.27. The third kappa shape index (κ3) is 3.23. The second kappa shape index (κ2) is 6.14. The van der Waals surface area contributed by atoms with Gasteiger partial charge in [-0.15, -0.1) is 4.37 Å². The van der Waals surface area contributed by atoms with E-state index in [9.17, 15) is 0 Å². The number of aliphatic carboxylic acids is 2. The van der Waals surface area contributed by atoms with Crippen LogP contribution in [0.2, 0.25) is 0 Å². The first-order valence-electron chi connectivity index (χ1n) is 6.07. The second-order valence-electron chi connectivity index (χ2n) is 4.64. The molecular formula is C11H15N3O5S. The first-order valence-corrected chi connectivity index (χ1v) is 6.84. The Labute approximate surface area is 119 Å². The highest BCUT2D eigenvalue weighted by Crippen LogP contribution is 2.40. The number of fused-ring (bicyclic) bond motifs is 2. The van der Waals surface area contributed by atoms with Gasteiger partial charge in [0, 0.05) is 19.0 Å². The van der Waals surface area contributed by atoms with E-state index in [2.05, 4.69) is 14.3 Å². The molecule has 0 radical (unpaired) electrons. The van der Waals surface area contributed by atoms with Gasteiger partial charge < -0.3 is 19.8 Å². The molecule has 8 nitrogen and oxygen atoms in total. The van der Waals surface area contributed by atoms with Crippen molar-refractivity contribution in [1.29, 1.82) is 0 Å². The minimum absolute atomic E-state index is 0.530. The first kappa shape index (κ1) is 14.7. The summed E-state index contributed by atoms with van der Waals surface area (Å²) in [7, 11) is 1.62. The van der Waals surface area contributed by atoms with Crippen molar-refractivity contribution in [2.75, 3.05) is 26.7 Å². The van der Waals surface area contributed by atoms with Gasteiger partial charge in [0.25, 0.3) is 0 Å². The van der Waals surface area contributed by atoms with Gasteiger partial charge in [-0.05, 0) is 30.4 Å². The Hall–Kier alpha value is -1.74. The molecule has 2 bridgehead atoms. The fraction of sp³-hybridized carbons (Fsp3) is 0.636. The van der Waals surface area contributed by atoms with Crippen LogP contribution in [0, 0.1) is 5.92 Å². The van der Waals surface area contributed by atoms with Gasteiger partial charge in [-0.3, -0.25) is 0 Å². The van der Waals surface area contributed by atoms with Crippen molar-refractivity contribution in [3.8, 4) is 6.01 Å². The Bertz CT molecular complexity index is 494. The van der Waals surface area contributed by atoms with Crippen LogP contribution in [0.15, 0.2) is 0 Å². The van der Waals surface area contributed by atoms with E-state index in [0.29, 0.717) is 11.9 Å². The topological polar surface area (TPSA) is 113 Å². The number of carbonyl (C=O) groups is 2. The van der Waals surface area contributed by atoms with Crippen LogP contribution in [-0.4, -0.2) is 63.2 Å². The molecule has 0 saturated carbocycles. The number of carboxylic acid groups (broad SMARTS) is 2. The molecule has 3 atom stereocenters. The minimum Gasteiger partial charge on any atom is -0.473 e. The van der Waals surface area contributed by atoms with Gasteiger partial charge in [-0.1, -0.05) is 0 Å². The van der Waals surface area contributed by atoms with Crippen LogP contribution in [0.5, 0.6) is 6.01 Å². The number of hydrogen-bond acceptors (Lipinski definition) is 7. The molecule has 0 aliphatic carbocycles. The Morgan fingerprint density at radius 1 is 1.35 bits per heavy atom. The smallest absolute Gasteiger partial charge is 0.414 e. The van der Waals surface area contributed by atoms with Gasteiger partial charge in [0.2, 0.25) is 0 Å². The molecule has 3 rings (SSSR count). The van der Waals surface area contributed by atoms with Gasteiger partial charge in [-0.25, -0.2) is 9.59 Å². The molecule has 3 unspecified atom stereocenters. The molecule has 2 saturated heterocycles. The SMILES string of the molecule is COc1nsc(C2CN3CCC2C3)n1.O=C(O)C(=O)O. The van der Waals surface area contributed by atoms with Crippen LogP contribution in [0.4, 0.5) is 0 Å². The number of hydrogen-bond donors (Lipinski definition) is 2. The molecular weight excluding hydrogens is 286 g/mol. The highest BCUT2D eigenvalue weighted by Gasteiger charge is 2.40. The van der Waals surface area contributed by atoms with E-state index in [-0.39, 0.29) is 0 Å². The van der Waals surface area contributed by atoms with Crippen molar-refractivity contribution in [2.24, 2.45) is 5.92 Å². The number of aromatic nitrogens is 2. The Balaban J connectivity index is 0.000000212. The predicted molar refractivity (Wildman–Crippen MR) is 69.0 cm³/mol. The number of ether oxygens (including phenoxy) is 1. The van der Waals surface area contributed by atoms with E-state index in [0.717, 1.165) is 10.9 Å². The number of rotatable bonds is 2. The van der Waals surface area contributed by atoms with E-state index in [1.54, 1.807) is 7.11 Å². The van der Waals surface area contributed by atoms with Crippen LogP contribution < -0.4 is 4.74 Å². The molecule has 0 amide bonds. The molecule has 2 N–H and O–H groups in total. The van der Waals surface area contributed by atoms with Gasteiger partial charge in [0.15, 0.2) is 0 Å². The maximum absolute atomic E-state index is 9.10. The molecule has 1 aromatic rings. The highest BCUT2D eigenvalue weighted by atomic mass is 32.1. The zero-order chi connectivity index (χ0) is 14.7. The molecule has 2 fully saturated rings. The summed E-state index contributed by atoms with van der Waals surface area (Å²) < 4.78 is 9.16. The monoisotopic (exact) mass is 301 g/mol. The highest BCUT2D eigenvalue weighted by molar-refractivity contribution is 7.05. The average molecular weight is 301 g/mol.